The number of nitrogens with one attached hydrogen (secondary N) is 1. The Morgan fingerprint density at radius 3 is 2.29 bits per heavy atom. The number of hydrogen-bond acceptors (Lipinski definition) is 4. The molecule has 3 aromatic rings. The van der Waals surface area contributed by atoms with Crippen LogP contribution in [0.1, 0.15) is 61.0 Å². The van der Waals surface area contributed by atoms with E-state index >= 15 is 4.39 Å². The van der Waals surface area contributed by atoms with Crippen LogP contribution in [0.4, 0.5) is 22.0 Å². The Hall–Kier alpha value is -4.06. The molecule has 2 atom stereocenters. The van der Waals surface area contributed by atoms with Crippen molar-refractivity contribution in [1.29, 1.82) is 0 Å². The minimum atomic E-state index is -1.46. The van der Waals surface area contributed by atoms with E-state index in [-0.39, 0.29) is 59.7 Å². The molecule has 7 nitrogen and oxygen atoms in total. The molecule has 45 heavy (non-hydrogen) atoms. The number of halogens is 5. The van der Waals surface area contributed by atoms with Crippen LogP contribution in [0.3, 0.4) is 0 Å². The SMILES string of the molecule is Cc1cc(-c2c(C)cc(F)cc2F)cc([C@H](CC(=O)O)NC(=O)C(CC(C)C)n2cc(CCN3CC(F)C3)cc(F)c2=O)c1F. The number of carboxylic acids is 1. The number of pyridine rings is 1. The predicted octanol–water partition coefficient (Wildman–Crippen LogP) is 5.80. The maximum absolute atomic E-state index is 15.6. The van der Waals surface area contributed by atoms with E-state index in [1.165, 1.54) is 32.2 Å². The van der Waals surface area contributed by atoms with Crippen molar-refractivity contribution in [2.75, 3.05) is 19.6 Å². The number of likely N-dealkylation sites (tertiary alicyclic amines) is 1. The van der Waals surface area contributed by atoms with Crippen LogP contribution >= 0.6 is 0 Å². The summed E-state index contributed by atoms with van der Waals surface area (Å²) in [6.45, 7) is 7.36. The molecule has 0 spiro atoms. The Morgan fingerprint density at radius 2 is 1.69 bits per heavy atom. The van der Waals surface area contributed by atoms with Crippen LogP contribution in [-0.2, 0) is 16.0 Å². The number of amides is 1. The molecule has 12 heteroatoms. The second kappa shape index (κ2) is 13.9. The molecule has 0 aliphatic carbocycles. The molecule has 1 aliphatic heterocycles. The largest absolute Gasteiger partial charge is 0.481 e. The number of hydrogen-bond donors (Lipinski definition) is 2. The normalized spacial score (nSPS) is 15.2. The summed E-state index contributed by atoms with van der Waals surface area (Å²) in [6, 6.07) is 2.66. The second-order valence-electron chi connectivity index (χ2n) is 12.1. The fourth-order valence-electron chi connectivity index (χ4n) is 5.70. The van der Waals surface area contributed by atoms with Crippen LogP contribution in [-0.4, -0.2) is 52.3 Å². The zero-order valence-electron chi connectivity index (χ0n) is 25.5. The third kappa shape index (κ3) is 7.97. The summed E-state index contributed by atoms with van der Waals surface area (Å²) in [4.78, 5) is 40.5. The highest BCUT2D eigenvalue weighted by molar-refractivity contribution is 5.82. The summed E-state index contributed by atoms with van der Waals surface area (Å²) in [5, 5.41) is 12.2. The maximum atomic E-state index is 15.6. The standard InChI is InChI=1S/C33H36F5N3O4/c1-17(2)7-28(41-14-20(10-26(37)33(41)45)5-6-40-15-23(35)16-40)32(44)39-27(13-29(42)43)24-11-21(8-19(4)31(24)38)30-18(3)9-22(34)12-25(30)36/h8-12,14,17,23,27-28H,5-7,13,15-16H2,1-4H3,(H,39,44)(H,42,43)/t27-,28?/m0/s1. The molecule has 2 aromatic carbocycles. The Kier molecular flexibility index (Phi) is 10.5. The number of carbonyl (C=O) groups excluding carboxylic acids is 1. The van der Waals surface area contributed by atoms with Gasteiger partial charge in [0, 0.05) is 43.0 Å². The summed E-state index contributed by atoms with van der Waals surface area (Å²) in [5.74, 6) is -6.02. The smallest absolute Gasteiger partial charge is 0.305 e. The number of aryl methyl sites for hydroxylation is 2. The highest BCUT2D eigenvalue weighted by Crippen LogP contribution is 2.34. The molecule has 0 radical (unpaired) electrons. The van der Waals surface area contributed by atoms with Crippen LogP contribution in [0.25, 0.3) is 11.1 Å². The second-order valence-corrected chi connectivity index (χ2v) is 12.1. The molecule has 1 unspecified atom stereocenters. The fourth-order valence-corrected chi connectivity index (χ4v) is 5.70. The van der Waals surface area contributed by atoms with Gasteiger partial charge in [0.15, 0.2) is 5.82 Å². The Morgan fingerprint density at radius 1 is 1.00 bits per heavy atom. The van der Waals surface area contributed by atoms with Crippen LogP contribution in [0.5, 0.6) is 0 Å². The van der Waals surface area contributed by atoms with Gasteiger partial charge in [-0.15, -0.1) is 0 Å². The summed E-state index contributed by atoms with van der Waals surface area (Å²) in [7, 11) is 0. The van der Waals surface area contributed by atoms with Crippen LogP contribution in [0.15, 0.2) is 41.3 Å². The number of carbonyl (C=O) groups is 2. The Bertz CT molecular complexity index is 1630. The van der Waals surface area contributed by atoms with Gasteiger partial charge in [-0.2, -0.15) is 0 Å². The van der Waals surface area contributed by atoms with Gasteiger partial charge in [-0.25, -0.2) is 22.0 Å². The molecule has 2 heterocycles. The first kappa shape index (κ1) is 33.8. The van der Waals surface area contributed by atoms with Gasteiger partial charge < -0.3 is 15.0 Å². The highest BCUT2D eigenvalue weighted by Gasteiger charge is 2.30. The fraction of sp³-hybridized carbons (Fsp3) is 0.424. The van der Waals surface area contributed by atoms with Gasteiger partial charge in [0.2, 0.25) is 5.91 Å². The lowest BCUT2D eigenvalue weighted by Crippen LogP contribution is -2.49. The first-order valence-corrected chi connectivity index (χ1v) is 14.7. The van der Waals surface area contributed by atoms with Crippen molar-refractivity contribution < 1.29 is 36.6 Å². The minimum Gasteiger partial charge on any atom is -0.481 e. The summed E-state index contributed by atoms with van der Waals surface area (Å²) < 4.78 is 73.3. The molecule has 2 N–H and O–H groups in total. The lowest BCUT2D eigenvalue weighted by atomic mass is 9.92. The predicted molar refractivity (Wildman–Crippen MR) is 159 cm³/mol. The van der Waals surface area contributed by atoms with Crippen molar-refractivity contribution in [2.45, 2.75) is 65.2 Å². The number of aromatic nitrogens is 1. The zero-order chi connectivity index (χ0) is 33.2. The molecule has 1 aromatic heterocycles. The van der Waals surface area contributed by atoms with E-state index in [0.29, 0.717) is 18.2 Å². The molecule has 0 saturated carbocycles. The Balaban J connectivity index is 1.72. The molecule has 242 valence electrons. The number of alkyl halides is 1. The molecule has 1 fully saturated rings. The van der Waals surface area contributed by atoms with E-state index in [2.05, 4.69) is 5.32 Å². The third-order valence-corrected chi connectivity index (χ3v) is 7.91. The summed E-state index contributed by atoms with van der Waals surface area (Å²) in [6.07, 6.45) is 0.0350. The lowest BCUT2D eigenvalue weighted by molar-refractivity contribution is -0.138. The molecule has 0 bridgehead atoms. The van der Waals surface area contributed by atoms with Crippen molar-refractivity contribution in [2.24, 2.45) is 5.92 Å². The lowest BCUT2D eigenvalue weighted by Gasteiger charge is -2.34. The molecular weight excluding hydrogens is 597 g/mol. The number of nitrogens with zero attached hydrogens (tertiary/aromatic N) is 2. The first-order valence-electron chi connectivity index (χ1n) is 14.7. The maximum Gasteiger partial charge on any atom is 0.305 e. The summed E-state index contributed by atoms with van der Waals surface area (Å²) >= 11 is 0. The van der Waals surface area contributed by atoms with E-state index in [1.807, 2.05) is 4.90 Å². The molecular formula is C33H36F5N3O4. The van der Waals surface area contributed by atoms with Gasteiger partial charge in [0.05, 0.1) is 12.5 Å². The number of rotatable bonds is 12. The van der Waals surface area contributed by atoms with E-state index in [9.17, 15) is 37.1 Å². The van der Waals surface area contributed by atoms with Gasteiger partial charge in [-0.05, 0) is 79.1 Å². The quantitative estimate of drug-likeness (QED) is 0.246. The average molecular weight is 634 g/mol. The van der Waals surface area contributed by atoms with Gasteiger partial charge in [-0.3, -0.25) is 19.3 Å². The van der Waals surface area contributed by atoms with Gasteiger partial charge in [0.1, 0.15) is 29.7 Å². The monoisotopic (exact) mass is 633 g/mol. The first-order chi connectivity index (χ1) is 21.1. The van der Waals surface area contributed by atoms with Gasteiger partial charge in [-0.1, -0.05) is 13.8 Å². The van der Waals surface area contributed by atoms with Crippen molar-refractivity contribution in [1.82, 2.24) is 14.8 Å². The van der Waals surface area contributed by atoms with Crippen molar-refractivity contribution >= 4 is 11.9 Å². The van der Waals surface area contributed by atoms with Crippen LogP contribution in [0, 0.1) is 43.0 Å². The average Bonchev–Trinajstić information content (AvgIpc) is 2.91. The topological polar surface area (TPSA) is 91.6 Å². The number of carboxylic acid groups (broad SMARTS) is 1. The van der Waals surface area contributed by atoms with Gasteiger partial charge in [0.25, 0.3) is 5.56 Å². The Labute approximate surface area is 257 Å². The van der Waals surface area contributed by atoms with Gasteiger partial charge >= 0.3 is 5.97 Å². The number of aliphatic carboxylic acids is 1. The zero-order valence-corrected chi connectivity index (χ0v) is 25.5. The van der Waals surface area contributed by atoms with Crippen molar-refractivity contribution in [3.05, 3.63) is 92.4 Å². The minimum absolute atomic E-state index is 0.0158. The van der Waals surface area contributed by atoms with E-state index < -0.39 is 65.4 Å². The highest BCUT2D eigenvalue weighted by atomic mass is 19.1. The molecule has 4 rings (SSSR count). The molecule has 1 amide bonds. The van der Waals surface area contributed by atoms with Crippen LogP contribution < -0.4 is 10.9 Å². The molecule has 1 saturated heterocycles. The third-order valence-electron chi connectivity index (χ3n) is 7.91. The number of benzene rings is 2. The van der Waals surface area contributed by atoms with Crippen LogP contribution in [0.2, 0.25) is 0 Å². The van der Waals surface area contributed by atoms with Crippen molar-refractivity contribution in [3.8, 4) is 11.1 Å². The van der Waals surface area contributed by atoms with E-state index in [4.69, 9.17) is 0 Å². The molecule has 1 aliphatic rings. The van der Waals surface area contributed by atoms with Crippen molar-refractivity contribution in [3.63, 3.8) is 0 Å². The summed E-state index contributed by atoms with van der Waals surface area (Å²) in [5.41, 5.74) is -0.522. The van der Waals surface area contributed by atoms with E-state index in [0.717, 1.165) is 16.7 Å². The van der Waals surface area contributed by atoms with E-state index in [1.54, 1.807) is 13.8 Å².